The zero-order valence-corrected chi connectivity index (χ0v) is 13.0. The number of amides is 1. The van der Waals surface area contributed by atoms with E-state index < -0.39 is 5.82 Å². The molecule has 1 aliphatic rings. The molecule has 1 atom stereocenters. The van der Waals surface area contributed by atoms with Crippen LogP contribution in [0.3, 0.4) is 0 Å². The number of benzene rings is 1. The lowest BCUT2D eigenvalue weighted by atomic mass is 10.2. The van der Waals surface area contributed by atoms with E-state index >= 15 is 0 Å². The highest BCUT2D eigenvalue weighted by molar-refractivity contribution is 14.1. The molecule has 100 valence electrons. The largest absolute Gasteiger partial charge is 0.348 e. The first-order valence-corrected chi connectivity index (χ1v) is 6.69. The first-order chi connectivity index (χ1) is 8.08. The number of halogens is 4. The average molecular weight is 405 g/mol. The van der Waals surface area contributed by atoms with Crippen molar-refractivity contribution >= 4 is 52.5 Å². The maximum Gasteiger partial charge on any atom is 0.253 e. The highest BCUT2D eigenvalue weighted by atomic mass is 127. The zero-order chi connectivity index (χ0) is 12.4. The number of carbonyl (C=O) groups excluding carboxylic acids is 1. The van der Waals surface area contributed by atoms with Gasteiger partial charge in [0.05, 0.1) is 10.6 Å². The molecular weight excluding hydrogens is 393 g/mol. The molecule has 1 heterocycles. The van der Waals surface area contributed by atoms with Crippen molar-refractivity contribution in [1.82, 2.24) is 10.6 Å². The Balaban J connectivity index is 0.00000162. The van der Waals surface area contributed by atoms with Gasteiger partial charge in [-0.05, 0) is 47.7 Å². The van der Waals surface area contributed by atoms with E-state index in [1.165, 1.54) is 12.1 Å². The summed E-state index contributed by atoms with van der Waals surface area (Å²) in [4.78, 5) is 11.9. The van der Waals surface area contributed by atoms with E-state index in [0.717, 1.165) is 19.5 Å². The third-order valence-corrected chi connectivity index (χ3v) is 3.79. The molecule has 0 bridgehead atoms. The van der Waals surface area contributed by atoms with Gasteiger partial charge >= 0.3 is 0 Å². The number of hydrogen-bond donors (Lipinski definition) is 2. The summed E-state index contributed by atoms with van der Waals surface area (Å²) in [5, 5.41) is 6.17. The van der Waals surface area contributed by atoms with Crippen LogP contribution in [0, 0.1) is 9.39 Å². The van der Waals surface area contributed by atoms with Crippen LogP contribution >= 0.6 is 46.6 Å². The topological polar surface area (TPSA) is 41.1 Å². The minimum Gasteiger partial charge on any atom is -0.348 e. The van der Waals surface area contributed by atoms with E-state index in [1.54, 1.807) is 0 Å². The van der Waals surface area contributed by atoms with E-state index in [0.29, 0.717) is 9.13 Å². The SMILES string of the molecule is Cl.O=C(NC1CCNC1)c1cc(I)c(F)cc1Cl. The van der Waals surface area contributed by atoms with Crippen LogP contribution in [0.2, 0.25) is 5.02 Å². The third-order valence-electron chi connectivity index (χ3n) is 2.65. The van der Waals surface area contributed by atoms with Gasteiger partial charge in [0.25, 0.3) is 5.91 Å². The molecule has 2 rings (SSSR count). The normalized spacial score (nSPS) is 18.3. The quantitative estimate of drug-likeness (QED) is 0.587. The number of nitrogens with one attached hydrogen (secondary N) is 2. The van der Waals surface area contributed by atoms with E-state index in [1.807, 2.05) is 22.6 Å². The zero-order valence-electron chi connectivity index (χ0n) is 9.30. The standard InChI is InChI=1S/C11H11ClFIN2O.ClH/c12-8-4-9(13)10(14)3-7(8)11(17)16-6-1-2-15-5-6;/h3-4,6,15H,1-2,5H2,(H,16,17);1H. The minimum absolute atomic E-state index is 0. The first-order valence-electron chi connectivity index (χ1n) is 5.24. The van der Waals surface area contributed by atoms with Gasteiger partial charge in [-0.2, -0.15) is 0 Å². The lowest BCUT2D eigenvalue weighted by molar-refractivity contribution is 0.0940. The van der Waals surface area contributed by atoms with Crippen LogP contribution in [-0.2, 0) is 0 Å². The molecule has 1 aromatic rings. The minimum atomic E-state index is -0.408. The van der Waals surface area contributed by atoms with Crippen LogP contribution in [0.15, 0.2) is 12.1 Å². The molecule has 0 aliphatic carbocycles. The van der Waals surface area contributed by atoms with Crippen LogP contribution in [0.1, 0.15) is 16.8 Å². The van der Waals surface area contributed by atoms with E-state index in [4.69, 9.17) is 11.6 Å². The molecule has 1 aliphatic heterocycles. The van der Waals surface area contributed by atoms with Gasteiger partial charge in [0.15, 0.2) is 0 Å². The molecule has 18 heavy (non-hydrogen) atoms. The van der Waals surface area contributed by atoms with Gasteiger partial charge in [-0.3, -0.25) is 4.79 Å². The van der Waals surface area contributed by atoms with Crippen molar-refractivity contribution < 1.29 is 9.18 Å². The van der Waals surface area contributed by atoms with E-state index in [9.17, 15) is 9.18 Å². The summed E-state index contributed by atoms with van der Waals surface area (Å²) in [5.41, 5.74) is 0.323. The summed E-state index contributed by atoms with van der Waals surface area (Å²) in [5.74, 6) is -0.656. The highest BCUT2D eigenvalue weighted by Crippen LogP contribution is 2.22. The monoisotopic (exact) mass is 404 g/mol. The molecule has 1 fully saturated rings. The Morgan fingerprint density at radius 3 is 2.89 bits per heavy atom. The molecule has 1 aromatic carbocycles. The summed E-state index contributed by atoms with van der Waals surface area (Å²) >= 11 is 7.70. The van der Waals surface area contributed by atoms with E-state index in [-0.39, 0.29) is 29.4 Å². The maximum absolute atomic E-state index is 13.2. The molecule has 0 saturated carbocycles. The number of rotatable bonds is 2. The van der Waals surface area contributed by atoms with Crippen molar-refractivity contribution in [1.29, 1.82) is 0 Å². The van der Waals surface area contributed by atoms with E-state index in [2.05, 4.69) is 10.6 Å². The van der Waals surface area contributed by atoms with Gasteiger partial charge in [0, 0.05) is 16.2 Å². The van der Waals surface area contributed by atoms with Crippen LogP contribution in [-0.4, -0.2) is 25.0 Å². The first kappa shape index (κ1) is 15.9. The predicted molar refractivity (Wildman–Crippen MR) is 80.1 cm³/mol. The second-order valence-corrected chi connectivity index (χ2v) is 5.48. The molecular formula is C11H12Cl2FIN2O. The van der Waals surface area contributed by atoms with Gasteiger partial charge in [-0.1, -0.05) is 11.6 Å². The van der Waals surface area contributed by atoms with Crippen molar-refractivity contribution in [2.45, 2.75) is 12.5 Å². The van der Waals surface area contributed by atoms with Gasteiger partial charge in [0.2, 0.25) is 0 Å². The lowest BCUT2D eigenvalue weighted by Crippen LogP contribution is -2.36. The second-order valence-electron chi connectivity index (χ2n) is 3.91. The molecule has 0 radical (unpaired) electrons. The van der Waals surface area contributed by atoms with Gasteiger partial charge in [-0.15, -0.1) is 12.4 Å². The van der Waals surface area contributed by atoms with Crippen LogP contribution in [0.25, 0.3) is 0 Å². The second kappa shape index (κ2) is 6.88. The Labute approximate surface area is 129 Å². The molecule has 3 nitrogen and oxygen atoms in total. The Hall–Kier alpha value is -0.110. The van der Waals surface area contributed by atoms with Crippen molar-refractivity contribution in [3.63, 3.8) is 0 Å². The van der Waals surface area contributed by atoms with Crippen molar-refractivity contribution in [2.24, 2.45) is 0 Å². The van der Waals surface area contributed by atoms with Gasteiger partial charge in [0.1, 0.15) is 5.82 Å². The molecule has 0 aromatic heterocycles. The van der Waals surface area contributed by atoms with Gasteiger partial charge < -0.3 is 10.6 Å². The van der Waals surface area contributed by atoms with Gasteiger partial charge in [-0.25, -0.2) is 4.39 Å². The van der Waals surface area contributed by atoms with Crippen LogP contribution in [0.4, 0.5) is 4.39 Å². The van der Waals surface area contributed by atoms with Crippen LogP contribution < -0.4 is 10.6 Å². The number of carbonyl (C=O) groups is 1. The molecule has 0 spiro atoms. The smallest absolute Gasteiger partial charge is 0.253 e. The Morgan fingerprint density at radius 1 is 1.56 bits per heavy atom. The fourth-order valence-electron chi connectivity index (χ4n) is 1.74. The molecule has 7 heteroatoms. The summed E-state index contributed by atoms with van der Waals surface area (Å²) in [7, 11) is 0. The van der Waals surface area contributed by atoms with Crippen molar-refractivity contribution in [3.05, 3.63) is 32.1 Å². The summed E-state index contributed by atoms with van der Waals surface area (Å²) < 4.78 is 13.6. The van der Waals surface area contributed by atoms with Crippen LogP contribution in [0.5, 0.6) is 0 Å². The highest BCUT2D eigenvalue weighted by Gasteiger charge is 2.20. The molecule has 1 unspecified atom stereocenters. The Bertz CT molecular complexity index is 453. The Morgan fingerprint density at radius 2 is 2.28 bits per heavy atom. The third kappa shape index (κ3) is 3.69. The maximum atomic E-state index is 13.2. The molecule has 1 amide bonds. The fourth-order valence-corrected chi connectivity index (χ4v) is 2.44. The summed E-state index contributed by atoms with van der Waals surface area (Å²) in [6, 6.07) is 2.77. The fraction of sp³-hybridized carbons (Fsp3) is 0.364. The molecule has 1 saturated heterocycles. The van der Waals surface area contributed by atoms with Crippen molar-refractivity contribution in [2.75, 3.05) is 13.1 Å². The Kier molecular flexibility index (Phi) is 6.10. The molecule has 2 N–H and O–H groups in total. The summed E-state index contributed by atoms with van der Waals surface area (Å²) in [6.07, 6.45) is 0.904. The number of hydrogen-bond acceptors (Lipinski definition) is 2. The summed E-state index contributed by atoms with van der Waals surface area (Å²) in [6.45, 7) is 1.67. The predicted octanol–water partition coefficient (Wildman–Crippen LogP) is 2.60. The average Bonchev–Trinajstić information content (AvgIpc) is 2.76. The lowest BCUT2D eigenvalue weighted by Gasteiger charge is -2.12. The van der Waals surface area contributed by atoms with Crippen molar-refractivity contribution in [3.8, 4) is 0 Å².